The third kappa shape index (κ3) is 4.05. The van der Waals surface area contributed by atoms with Crippen molar-refractivity contribution >= 4 is 33.2 Å². The lowest BCUT2D eigenvalue weighted by atomic mass is 9.93. The monoisotopic (exact) mass is 439 g/mol. The number of halogens is 1. The van der Waals surface area contributed by atoms with Gasteiger partial charge in [-0.2, -0.15) is 0 Å². The third-order valence-electron chi connectivity index (χ3n) is 4.83. The van der Waals surface area contributed by atoms with E-state index in [2.05, 4.69) is 39.0 Å². The van der Waals surface area contributed by atoms with E-state index in [4.69, 9.17) is 9.47 Å². The number of carboxylic acids is 1. The van der Waals surface area contributed by atoms with Gasteiger partial charge in [-0.1, -0.05) is 6.07 Å². The van der Waals surface area contributed by atoms with Crippen molar-refractivity contribution in [2.45, 2.75) is 18.9 Å². The molecule has 7 heteroatoms. The molecule has 0 saturated carbocycles. The predicted octanol–water partition coefficient (Wildman–Crippen LogP) is 4.41. The molecular formula is C19H22BrNO4S. The number of rotatable bonds is 6. The van der Waals surface area contributed by atoms with Gasteiger partial charge in [-0.05, 0) is 71.7 Å². The normalized spacial score (nSPS) is 17.0. The summed E-state index contributed by atoms with van der Waals surface area (Å²) in [5.41, 5.74) is 1.12. The van der Waals surface area contributed by atoms with Crippen LogP contribution in [0.15, 0.2) is 34.1 Å². The fraction of sp³-hybridized carbons (Fsp3) is 0.421. The van der Waals surface area contributed by atoms with E-state index in [0.29, 0.717) is 24.3 Å². The van der Waals surface area contributed by atoms with Crippen molar-refractivity contribution in [1.82, 2.24) is 4.90 Å². The van der Waals surface area contributed by atoms with Crippen LogP contribution in [0.5, 0.6) is 11.5 Å². The molecular weight excluding hydrogens is 418 g/mol. The Kier molecular flexibility index (Phi) is 6.21. The summed E-state index contributed by atoms with van der Waals surface area (Å²) in [7, 11) is 3.26. The summed E-state index contributed by atoms with van der Waals surface area (Å²) < 4.78 is 11.9. The Hall–Kier alpha value is -1.57. The fourth-order valence-corrected chi connectivity index (χ4v) is 5.04. The first-order valence-corrected chi connectivity index (χ1v) is 10.1. The molecule has 1 aliphatic rings. The van der Waals surface area contributed by atoms with Gasteiger partial charge in [-0.15, -0.1) is 11.3 Å². The minimum absolute atomic E-state index is 0.0702. The maximum atomic E-state index is 11.3. The SMILES string of the molecule is COc1ccc(C(c2ccc(Br)s2)N2CCC(C(=O)O)CC2)cc1OC. The van der Waals surface area contributed by atoms with Crippen LogP contribution in [0.1, 0.15) is 29.3 Å². The van der Waals surface area contributed by atoms with Gasteiger partial charge < -0.3 is 14.6 Å². The molecule has 0 amide bonds. The number of hydrogen-bond acceptors (Lipinski definition) is 5. The lowest BCUT2D eigenvalue weighted by molar-refractivity contribution is -0.143. The Bertz CT molecular complexity index is 771. The van der Waals surface area contributed by atoms with Gasteiger partial charge in [0.25, 0.3) is 0 Å². The van der Waals surface area contributed by atoms with Crippen LogP contribution in [0.2, 0.25) is 0 Å². The van der Waals surface area contributed by atoms with Crippen LogP contribution in [0, 0.1) is 5.92 Å². The van der Waals surface area contributed by atoms with Crippen molar-refractivity contribution in [2.24, 2.45) is 5.92 Å². The molecule has 140 valence electrons. The molecule has 2 aromatic rings. The van der Waals surface area contributed by atoms with E-state index in [1.165, 1.54) is 4.88 Å². The summed E-state index contributed by atoms with van der Waals surface area (Å²) in [6.07, 6.45) is 1.34. The third-order valence-corrected chi connectivity index (χ3v) is 6.51. The van der Waals surface area contributed by atoms with Crippen LogP contribution in [0.4, 0.5) is 0 Å². The van der Waals surface area contributed by atoms with Crippen LogP contribution < -0.4 is 9.47 Å². The predicted molar refractivity (Wildman–Crippen MR) is 105 cm³/mol. The molecule has 1 saturated heterocycles. The maximum Gasteiger partial charge on any atom is 0.306 e. The molecule has 5 nitrogen and oxygen atoms in total. The number of piperidine rings is 1. The minimum Gasteiger partial charge on any atom is -0.493 e. The smallest absolute Gasteiger partial charge is 0.306 e. The van der Waals surface area contributed by atoms with Gasteiger partial charge in [0.1, 0.15) is 0 Å². The fourth-order valence-electron chi connectivity index (χ4n) is 3.46. The van der Waals surface area contributed by atoms with Crippen LogP contribution in [-0.4, -0.2) is 43.3 Å². The average Bonchev–Trinajstić information content (AvgIpc) is 3.08. The van der Waals surface area contributed by atoms with Crippen molar-refractivity contribution in [3.63, 3.8) is 0 Å². The molecule has 1 aromatic heterocycles. The highest BCUT2D eigenvalue weighted by Gasteiger charge is 2.31. The molecule has 0 spiro atoms. The van der Waals surface area contributed by atoms with Gasteiger partial charge in [-0.25, -0.2) is 0 Å². The second-order valence-corrected chi connectivity index (χ2v) is 8.80. The molecule has 0 radical (unpaired) electrons. The number of aliphatic carboxylic acids is 1. The largest absolute Gasteiger partial charge is 0.493 e. The number of carbonyl (C=O) groups is 1. The number of carboxylic acid groups (broad SMARTS) is 1. The van der Waals surface area contributed by atoms with Crippen LogP contribution in [0.25, 0.3) is 0 Å². The summed E-state index contributed by atoms with van der Waals surface area (Å²) in [5.74, 6) is 0.469. The summed E-state index contributed by atoms with van der Waals surface area (Å²) in [6, 6.07) is 10.2. The Labute approximate surface area is 165 Å². The first-order valence-electron chi connectivity index (χ1n) is 8.47. The van der Waals surface area contributed by atoms with Gasteiger partial charge in [0, 0.05) is 4.88 Å². The number of nitrogens with zero attached hydrogens (tertiary/aromatic N) is 1. The first-order chi connectivity index (χ1) is 12.5. The van der Waals surface area contributed by atoms with E-state index in [9.17, 15) is 9.90 Å². The number of thiophene rings is 1. The Morgan fingerprint density at radius 2 is 1.88 bits per heavy atom. The van der Waals surface area contributed by atoms with Gasteiger partial charge in [-0.3, -0.25) is 9.69 Å². The average molecular weight is 440 g/mol. The standard InChI is InChI=1S/C19H22BrNO4S/c1-24-14-4-3-13(11-15(14)25-2)18(16-5-6-17(20)26-16)21-9-7-12(8-10-21)19(22)23/h3-6,11-12,18H,7-10H2,1-2H3,(H,22,23). The highest BCUT2D eigenvalue weighted by molar-refractivity contribution is 9.11. The quantitative estimate of drug-likeness (QED) is 0.721. The summed E-state index contributed by atoms with van der Waals surface area (Å²) >= 11 is 5.26. The van der Waals surface area contributed by atoms with E-state index in [1.807, 2.05) is 12.1 Å². The zero-order valence-electron chi connectivity index (χ0n) is 14.8. The van der Waals surface area contributed by atoms with E-state index in [-0.39, 0.29) is 12.0 Å². The van der Waals surface area contributed by atoms with E-state index in [1.54, 1.807) is 25.6 Å². The maximum absolute atomic E-state index is 11.3. The molecule has 3 rings (SSSR count). The van der Waals surface area contributed by atoms with Gasteiger partial charge in [0.2, 0.25) is 0 Å². The molecule has 1 unspecified atom stereocenters. The van der Waals surface area contributed by atoms with E-state index in [0.717, 1.165) is 22.4 Å². The summed E-state index contributed by atoms with van der Waals surface area (Å²) in [5, 5.41) is 9.27. The van der Waals surface area contributed by atoms with Gasteiger partial charge in [0.05, 0.1) is 30.0 Å². The highest BCUT2D eigenvalue weighted by Crippen LogP contribution is 2.40. The summed E-state index contributed by atoms with van der Waals surface area (Å²) in [6.45, 7) is 1.51. The molecule has 1 atom stereocenters. The van der Waals surface area contributed by atoms with Crippen molar-refractivity contribution in [1.29, 1.82) is 0 Å². The molecule has 1 N–H and O–H groups in total. The van der Waals surface area contributed by atoms with E-state index < -0.39 is 5.97 Å². The Morgan fingerprint density at radius 3 is 2.42 bits per heavy atom. The Balaban J connectivity index is 1.93. The number of methoxy groups -OCH3 is 2. The Morgan fingerprint density at radius 1 is 1.19 bits per heavy atom. The molecule has 0 aliphatic carbocycles. The zero-order chi connectivity index (χ0) is 18.7. The van der Waals surface area contributed by atoms with Crippen molar-refractivity contribution in [3.8, 4) is 11.5 Å². The lowest BCUT2D eigenvalue weighted by Crippen LogP contribution is -2.39. The minimum atomic E-state index is -0.689. The molecule has 1 aliphatic heterocycles. The van der Waals surface area contributed by atoms with Crippen LogP contribution >= 0.6 is 27.3 Å². The lowest BCUT2D eigenvalue weighted by Gasteiger charge is -2.36. The number of ether oxygens (including phenoxy) is 2. The van der Waals surface area contributed by atoms with Crippen LogP contribution in [-0.2, 0) is 4.79 Å². The second-order valence-electron chi connectivity index (χ2n) is 6.31. The van der Waals surface area contributed by atoms with E-state index >= 15 is 0 Å². The molecule has 0 bridgehead atoms. The highest BCUT2D eigenvalue weighted by atomic mass is 79.9. The summed E-state index contributed by atoms with van der Waals surface area (Å²) in [4.78, 5) is 14.9. The van der Waals surface area contributed by atoms with Gasteiger partial charge >= 0.3 is 5.97 Å². The van der Waals surface area contributed by atoms with Gasteiger partial charge in [0.15, 0.2) is 11.5 Å². The zero-order valence-corrected chi connectivity index (χ0v) is 17.2. The van der Waals surface area contributed by atoms with Crippen molar-refractivity contribution in [2.75, 3.05) is 27.3 Å². The van der Waals surface area contributed by atoms with Crippen LogP contribution in [0.3, 0.4) is 0 Å². The first kappa shape index (κ1) is 19.2. The van der Waals surface area contributed by atoms with Crippen molar-refractivity contribution < 1.29 is 19.4 Å². The second kappa shape index (κ2) is 8.41. The molecule has 1 fully saturated rings. The van der Waals surface area contributed by atoms with Crippen molar-refractivity contribution in [3.05, 3.63) is 44.6 Å². The topological polar surface area (TPSA) is 59.0 Å². The molecule has 1 aromatic carbocycles. The number of likely N-dealkylation sites (tertiary alicyclic amines) is 1. The number of hydrogen-bond donors (Lipinski definition) is 1. The molecule has 2 heterocycles. The number of benzene rings is 1. The molecule has 26 heavy (non-hydrogen) atoms.